The van der Waals surface area contributed by atoms with E-state index in [1.165, 1.54) is 25.7 Å². The number of halogens is 1. The van der Waals surface area contributed by atoms with Crippen molar-refractivity contribution in [3.05, 3.63) is 51.8 Å². The van der Waals surface area contributed by atoms with Crippen molar-refractivity contribution >= 4 is 15.9 Å². The highest BCUT2D eigenvalue weighted by atomic mass is 79.9. The fourth-order valence-corrected chi connectivity index (χ4v) is 3.62. The zero-order chi connectivity index (χ0) is 14.8. The quantitative estimate of drug-likeness (QED) is 0.891. The van der Waals surface area contributed by atoms with Crippen LogP contribution in [-0.4, -0.2) is 14.9 Å². The van der Waals surface area contributed by atoms with Crippen LogP contribution in [0, 0.1) is 6.92 Å². The number of rotatable bonds is 4. The van der Waals surface area contributed by atoms with E-state index in [1.54, 1.807) is 0 Å². The van der Waals surface area contributed by atoms with Crippen LogP contribution in [0.3, 0.4) is 0 Å². The first-order valence-corrected chi connectivity index (χ1v) is 8.41. The Balaban J connectivity index is 1.72. The van der Waals surface area contributed by atoms with Crippen LogP contribution in [0.15, 0.2) is 34.9 Å². The lowest BCUT2D eigenvalue weighted by Gasteiger charge is -2.13. The smallest absolute Gasteiger partial charge is 0.0857 e. The van der Waals surface area contributed by atoms with Gasteiger partial charge in [0.15, 0.2) is 0 Å². The second-order valence-electron chi connectivity index (χ2n) is 5.92. The van der Waals surface area contributed by atoms with Gasteiger partial charge in [-0.15, -0.1) is 0 Å². The van der Waals surface area contributed by atoms with Crippen LogP contribution in [0.25, 0.3) is 0 Å². The monoisotopic (exact) mass is 348 g/mol. The number of aromatic nitrogens is 2. The largest absolute Gasteiger partial charge is 0.388 e. The van der Waals surface area contributed by atoms with E-state index >= 15 is 0 Å². The standard InChI is InChI=1S/C17H21BrN2O/c1-12-5-4-8-15(17(12)18)16(21)11-13-9-10-20(19-13)14-6-2-3-7-14/h4-5,8-10,14,16,21H,2-3,6-7,11H2,1H3. The summed E-state index contributed by atoms with van der Waals surface area (Å²) in [6, 6.07) is 8.58. The van der Waals surface area contributed by atoms with E-state index in [0.29, 0.717) is 12.5 Å². The zero-order valence-corrected chi connectivity index (χ0v) is 13.9. The Morgan fingerprint density at radius 2 is 2.10 bits per heavy atom. The van der Waals surface area contributed by atoms with Crippen molar-refractivity contribution < 1.29 is 5.11 Å². The molecule has 0 radical (unpaired) electrons. The van der Waals surface area contributed by atoms with Crippen LogP contribution in [0.1, 0.15) is 54.6 Å². The average molecular weight is 349 g/mol. The third-order valence-electron chi connectivity index (χ3n) is 4.35. The van der Waals surface area contributed by atoms with Crippen LogP contribution in [0.4, 0.5) is 0 Å². The molecule has 1 atom stereocenters. The topological polar surface area (TPSA) is 38.0 Å². The second kappa shape index (κ2) is 6.32. The van der Waals surface area contributed by atoms with Gasteiger partial charge in [0.2, 0.25) is 0 Å². The van der Waals surface area contributed by atoms with Gasteiger partial charge < -0.3 is 5.11 Å². The van der Waals surface area contributed by atoms with Crippen molar-refractivity contribution in [1.29, 1.82) is 0 Å². The lowest BCUT2D eigenvalue weighted by Crippen LogP contribution is -2.08. The number of nitrogens with zero attached hydrogens (tertiary/aromatic N) is 2. The van der Waals surface area contributed by atoms with Gasteiger partial charge in [-0.3, -0.25) is 4.68 Å². The number of benzene rings is 1. The molecule has 1 saturated carbocycles. The molecule has 0 bridgehead atoms. The molecule has 1 aromatic heterocycles. The van der Waals surface area contributed by atoms with Gasteiger partial charge in [-0.1, -0.05) is 47.0 Å². The van der Waals surface area contributed by atoms with Gasteiger partial charge in [-0.05, 0) is 37.0 Å². The summed E-state index contributed by atoms with van der Waals surface area (Å²) in [5, 5.41) is 15.1. The van der Waals surface area contributed by atoms with Gasteiger partial charge in [-0.25, -0.2) is 0 Å². The van der Waals surface area contributed by atoms with Crippen molar-refractivity contribution in [3.63, 3.8) is 0 Å². The summed E-state index contributed by atoms with van der Waals surface area (Å²) in [6.45, 7) is 2.04. The van der Waals surface area contributed by atoms with E-state index in [1.807, 2.05) is 31.2 Å². The molecular formula is C17H21BrN2O. The Hall–Kier alpha value is -1.13. The lowest BCUT2D eigenvalue weighted by atomic mass is 10.0. The van der Waals surface area contributed by atoms with Crippen LogP contribution in [0.2, 0.25) is 0 Å². The van der Waals surface area contributed by atoms with Gasteiger partial charge in [0.25, 0.3) is 0 Å². The summed E-state index contributed by atoms with van der Waals surface area (Å²) in [6.07, 6.45) is 7.16. The third-order valence-corrected chi connectivity index (χ3v) is 5.43. The summed E-state index contributed by atoms with van der Waals surface area (Å²) in [5.41, 5.74) is 3.04. The maximum Gasteiger partial charge on any atom is 0.0857 e. The summed E-state index contributed by atoms with van der Waals surface area (Å²) < 4.78 is 3.08. The van der Waals surface area contributed by atoms with E-state index in [2.05, 4.69) is 31.9 Å². The number of aliphatic hydroxyl groups is 1. The minimum atomic E-state index is -0.522. The maximum absolute atomic E-state index is 10.5. The van der Waals surface area contributed by atoms with Gasteiger partial charge in [0, 0.05) is 17.1 Å². The Labute approximate surface area is 134 Å². The third kappa shape index (κ3) is 3.22. The summed E-state index contributed by atoms with van der Waals surface area (Å²) in [7, 11) is 0. The van der Waals surface area contributed by atoms with E-state index < -0.39 is 6.10 Å². The Morgan fingerprint density at radius 1 is 1.33 bits per heavy atom. The SMILES string of the molecule is Cc1cccc(C(O)Cc2ccn(C3CCCC3)n2)c1Br. The van der Waals surface area contributed by atoms with Gasteiger partial charge >= 0.3 is 0 Å². The number of aryl methyl sites for hydroxylation is 1. The molecule has 0 aliphatic heterocycles. The Bertz CT molecular complexity index is 617. The first kappa shape index (κ1) is 14.8. The molecule has 4 heteroatoms. The summed E-state index contributed by atoms with van der Waals surface area (Å²) in [4.78, 5) is 0. The minimum absolute atomic E-state index is 0.522. The lowest BCUT2D eigenvalue weighted by molar-refractivity contribution is 0.176. The van der Waals surface area contributed by atoms with Crippen LogP contribution < -0.4 is 0 Å². The molecule has 3 nitrogen and oxygen atoms in total. The molecular weight excluding hydrogens is 328 g/mol. The molecule has 0 saturated heterocycles. The first-order valence-electron chi connectivity index (χ1n) is 7.62. The number of hydrogen-bond acceptors (Lipinski definition) is 2. The highest BCUT2D eigenvalue weighted by molar-refractivity contribution is 9.10. The van der Waals surface area contributed by atoms with E-state index in [4.69, 9.17) is 0 Å². The molecule has 21 heavy (non-hydrogen) atoms. The van der Waals surface area contributed by atoms with Crippen molar-refractivity contribution in [3.8, 4) is 0 Å². The minimum Gasteiger partial charge on any atom is -0.388 e. The molecule has 1 fully saturated rings. The zero-order valence-electron chi connectivity index (χ0n) is 12.3. The maximum atomic E-state index is 10.5. The fraction of sp³-hybridized carbons (Fsp3) is 0.471. The molecule has 1 aliphatic rings. The highest BCUT2D eigenvalue weighted by Gasteiger charge is 2.19. The predicted octanol–water partition coefficient (Wildman–Crippen LogP) is 4.35. The van der Waals surface area contributed by atoms with Gasteiger partial charge in [0.1, 0.15) is 0 Å². The van der Waals surface area contributed by atoms with Gasteiger partial charge in [0.05, 0.1) is 17.8 Å². The van der Waals surface area contributed by atoms with Gasteiger partial charge in [-0.2, -0.15) is 5.10 Å². The Morgan fingerprint density at radius 3 is 2.86 bits per heavy atom. The normalized spacial score (nSPS) is 17.3. The Kier molecular flexibility index (Phi) is 4.45. The molecule has 1 N–H and O–H groups in total. The average Bonchev–Trinajstić information content (AvgIpc) is 3.12. The molecule has 1 aromatic carbocycles. The number of aliphatic hydroxyl groups excluding tert-OH is 1. The molecule has 1 unspecified atom stereocenters. The van der Waals surface area contributed by atoms with Crippen molar-refractivity contribution in [2.45, 2.75) is 51.2 Å². The fourth-order valence-electron chi connectivity index (χ4n) is 3.09. The molecule has 112 valence electrons. The van der Waals surface area contributed by atoms with Crippen molar-refractivity contribution in [2.75, 3.05) is 0 Å². The molecule has 1 aliphatic carbocycles. The van der Waals surface area contributed by atoms with E-state index in [0.717, 1.165) is 21.3 Å². The van der Waals surface area contributed by atoms with Crippen molar-refractivity contribution in [2.24, 2.45) is 0 Å². The molecule has 0 spiro atoms. The number of hydrogen-bond donors (Lipinski definition) is 1. The molecule has 1 heterocycles. The second-order valence-corrected chi connectivity index (χ2v) is 6.72. The summed E-state index contributed by atoms with van der Waals surface area (Å²) >= 11 is 3.57. The van der Waals surface area contributed by atoms with E-state index in [9.17, 15) is 5.11 Å². The highest BCUT2D eigenvalue weighted by Crippen LogP contribution is 2.30. The first-order chi connectivity index (χ1) is 10.1. The van der Waals surface area contributed by atoms with Crippen LogP contribution in [-0.2, 0) is 6.42 Å². The predicted molar refractivity (Wildman–Crippen MR) is 87.3 cm³/mol. The van der Waals surface area contributed by atoms with E-state index in [-0.39, 0.29) is 0 Å². The van der Waals surface area contributed by atoms with Crippen molar-refractivity contribution in [1.82, 2.24) is 9.78 Å². The molecule has 2 aromatic rings. The van der Waals surface area contributed by atoms with Crippen LogP contribution >= 0.6 is 15.9 Å². The summed E-state index contributed by atoms with van der Waals surface area (Å²) in [5.74, 6) is 0. The molecule has 3 rings (SSSR count). The molecule has 0 amide bonds. The van der Waals surface area contributed by atoms with Crippen LogP contribution in [0.5, 0.6) is 0 Å².